The monoisotopic (exact) mass is 331 g/mol. The van der Waals surface area contributed by atoms with E-state index in [1.807, 2.05) is 32.0 Å². The minimum absolute atomic E-state index is 0.285. The summed E-state index contributed by atoms with van der Waals surface area (Å²) in [6.07, 6.45) is -4.42. The zero-order valence-corrected chi connectivity index (χ0v) is 13.8. The van der Waals surface area contributed by atoms with Crippen molar-refractivity contribution >= 4 is 5.96 Å². The van der Waals surface area contributed by atoms with Gasteiger partial charge in [-0.15, -0.1) is 0 Å². The molecule has 1 rings (SSSR count). The van der Waals surface area contributed by atoms with Crippen LogP contribution in [0.2, 0.25) is 0 Å². The summed E-state index contributed by atoms with van der Waals surface area (Å²) < 4.78 is 41.8. The van der Waals surface area contributed by atoms with E-state index in [1.165, 1.54) is 0 Å². The Bertz CT molecular complexity index is 516. The zero-order valence-electron chi connectivity index (χ0n) is 13.8. The van der Waals surface area contributed by atoms with Crippen LogP contribution in [0, 0.1) is 6.92 Å². The van der Waals surface area contributed by atoms with Crippen molar-refractivity contribution in [2.45, 2.75) is 32.9 Å². The van der Waals surface area contributed by atoms with Crippen LogP contribution in [0.25, 0.3) is 0 Å². The topological polar surface area (TPSA) is 45.7 Å². The smallest absolute Gasteiger partial charge is 0.390 e. The van der Waals surface area contributed by atoms with Crippen LogP contribution in [0.15, 0.2) is 23.2 Å². The number of benzene rings is 1. The van der Waals surface area contributed by atoms with Gasteiger partial charge >= 0.3 is 6.18 Å². The van der Waals surface area contributed by atoms with Crippen molar-refractivity contribution in [3.63, 3.8) is 0 Å². The molecule has 0 spiro atoms. The van der Waals surface area contributed by atoms with Crippen LogP contribution < -0.4 is 15.4 Å². The van der Waals surface area contributed by atoms with E-state index in [-0.39, 0.29) is 6.54 Å². The first kappa shape index (κ1) is 19.1. The molecule has 1 aromatic carbocycles. The van der Waals surface area contributed by atoms with Gasteiger partial charge in [0, 0.05) is 13.1 Å². The summed E-state index contributed by atoms with van der Waals surface area (Å²) >= 11 is 0. The highest BCUT2D eigenvalue weighted by Gasteiger charge is 2.26. The van der Waals surface area contributed by atoms with E-state index in [4.69, 9.17) is 4.74 Å². The lowest BCUT2D eigenvalue weighted by Crippen LogP contribution is -2.38. The Labute approximate surface area is 135 Å². The van der Waals surface area contributed by atoms with E-state index in [0.29, 0.717) is 25.5 Å². The molecule has 0 atom stereocenters. The summed E-state index contributed by atoms with van der Waals surface area (Å²) in [5.74, 6) is 1.19. The van der Waals surface area contributed by atoms with Crippen LogP contribution >= 0.6 is 0 Å². The minimum Gasteiger partial charge on any atom is -0.496 e. The number of aryl methyl sites for hydroxylation is 1. The van der Waals surface area contributed by atoms with Crippen molar-refractivity contribution in [1.82, 2.24) is 10.6 Å². The van der Waals surface area contributed by atoms with Crippen molar-refractivity contribution < 1.29 is 17.9 Å². The number of alkyl halides is 3. The molecule has 0 heterocycles. The highest BCUT2D eigenvalue weighted by molar-refractivity contribution is 5.79. The third-order valence-corrected chi connectivity index (χ3v) is 3.13. The predicted octanol–water partition coefficient (Wildman–Crippen LogP) is 3.05. The van der Waals surface area contributed by atoms with Crippen molar-refractivity contribution in [3.05, 3.63) is 29.3 Å². The molecule has 1 aromatic rings. The Morgan fingerprint density at radius 3 is 2.61 bits per heavy atom. The minimum atomic E-state index is -4.18. The van der Waals surface area contributed by atoms with Gasteiger partial charge in [0.2, 0.25) is 0 Å². The maximum atomic E-state index is 12.2. The maximum absolute atomic E-state index is 12.2. The number of hydrogen-bond acceptors (Lipinski definition) is 2. The molecule has 0 saturated heterocycles. The summed E-state index contributed by atoms with van der Waals surface area (Å²) in [5, 5.41) is 5.98. The number of methoxy groups -OCH3 is 1. The average Bonchev–Trinajstić information content (AvgIpc) is 2.46. The molecule has 2 N–H and O–H groups in total. The molecule has 0 saturated carbocycles. The van der Waals surface area contributed by atoms with Gasteiger partial charge in [0.25, 0.3) is 0 Å². The Balaban J connectivity index is 2.55. The van der Waals surface area contributed by atoms with Gasteiger partial charge in [-0.05, 0) is 31.9 Å². The Kier molecular flexibility index (Phi) is 7.71. The molecule has 0 unspecified atom stereocenters. The number of nitrogens with one attached hydrogen (secondary N) is 2. The first-order valence-electron chi connectivity index (χ1n) is 7.58. The SMILES string of the molecule is CCNC(=NCCC(F)(F)F)NCCc1cc(C)ccc1OC. The maximum Gasteiger partial charge on any atom is 0.390 e. The van der Waals surface area contributed by atoms with E-state index in [0.717, 1.165) is 16.9 Å². The van der Waals surface area contributed by atoms with Gasteiger partial charge in [0.15, 0.2) is 5.96 Å². The number of halogens is 3. The second-order valence-corrected chi connectivity index (χ2v) is 5.12. The summed E-state index contributed by atoms with van der Waals surface area (Å²) in [4.78, 5) is 3.93. The van der Waals surface area contributed by atoms with Crippen molar-refractivity contribution in [2.75, 3.05) is 26.7 Å². The average molecular weight is 331 g/mol. The molecule has 0 aliphatic rings. The predicted molar refractivity (Wildman–Crippen MR) is 86.1 cm³/mol. The van der Waals surface area contributed by atoms with E-state index in [1.54, 1.807) is 7.11 Å². The lowest BCUT2D eigenvalue weighted by molar-refractivity contribution is -0.132. The number of nitrogens with zero attached hydrogens (tertiary/aromatic N) is 1. The molecular formula is C16H24F3N3O. The lowest BCUT2D eigenvalue weighted by Gasteiger charge is -2.13. The Morgan fingerprint density at radius 1 is 1.26 bits per heavy atom. The van der Waals surface area contributed by atoms with Gasteiger partial charge in [-0.2, -0.15) is 13.2 Å². The molecule has 4 nitrogen and oxygen atoms in total. The van der Waals surface area contributed by atoms with Crippen LogP contribution in [0.1, 0.15) is 24.5 Å². The third-order valence-electron chi connectivity index (χ3n) is 3.13. The standard InChI is InChI=1S/C16H24F3N3O/c1-4-20-15(22-10-8-16(17,18)19)21-9-7-13-11-12(2)5-6-14(13)23-3/h5-6,11H,4,7-10H2,1-3H3,(H2,20,21,22). The van der Waals surface area contributed by atoms with E-state index in [2.05, 4.69) is 15.6 Å². The van der Waals surface area contributed by atoms with E-state index < -0.39 is 12.6 Å². The molecule has 0 bridgehead atoms. The summed E-state index contributed by atoms with van der Waals surface area (Å²) in [6, 6.07) is 5.92. The first-order valence-corrected chi connectivity index (χ1v) is 7.58. The molecule has 0 fully saturated rings. The molecule has 23 heavy (non-hydrogen) atoms. The molecule has 130 valence electrons. The van der Waals surface area contributed by atoms with Crippen LogP contribution in [0.4, 0.5) is 13.2 Å². The molecule has 0 radical (unpaired) electrons. The molecule has 0 amide bonds. The number of rotatable bonds is 7. The summed E-state index contributed by atoms with van der Waals surface area (Å²) in [7, 11) is 1.62. The van der Waals surface area contributed by atoms with Gasteiger partial charge in [-0.3, -0.25) is 4.99 Å². The molecule has 7 heteroatoms. The summed E-state index contributed by atoms with van der Waals surface area (Å²) in [5.41, 5.74) is 2.18. The van der Waals surface area contributed by atoms with E-state index in [9.17, 15) is 13.2 Å². The van der Waals surface area contributed by atoms with E-state index >= 15 is 0 Å². The Hall–Kier alpha value is -1.92. The molecule has 0 aromatic heterocycles. The second-order valence-electron chi connectivity index (χ2n) is 5.12. The molecular weight excluding hydrogens is 307 g/mol. The number of ether oxygens (including phenoxy) is 1. The fraction of sp³-hybridized carbons (Fsp3) is 0.562. The molecule has 0 aliphatic heterocycles. The molecule has 0 aliphatic carbocycles. The van der Waals surface area contributed by atoms with Gasteiger partial charge < -0.3 is 15.4 Å². The Morgan fingerprint density at radius 2 is 2.00 bits per heavy atom. The first-order chi connectivity index (χ1) is 10.9. The quantitative estimate of drug-likeness (QED) is 0.596. The van der Waals surface area contributed by atoms with Gasteiger partial charge in [0.05, 0.1) is 20.1 Å². The number of hydrogen-bond donors (Lipinski definition) is 2. The van der Waals surface area contributed by atoms with Crippen molar-refractivity contribution in [3.8, 4) is 5.75 Å². The normalized spacial score (nSPS) is 12.2. The van der Waals surface area contributed by atoms with Gasteiger partial charge in [-0.1, -0.05) is 17.7 Å². The third kappa shape index (κ3) is 7.76. The fourth-order valence-electron chi connectivity index (χ4n) is 2.05. The van der Waals surface area contributed by atoms with Crippen LogP contribution in [0.5, 0.6) is 5.75 Å². The highest BCUT2D eigenvalue weighted by Crippen LogP contribution is 2.20. The van der Waals surface area contributed by atoms with Crippen molar-refractivity contribution in [2.24, 2.45) is 4.99 Å². The lowest BCUT2D eigenvalue weighted by atomic mass is 10.1. The van der Waals surface area contributed by atoms with Crippen molar-refractivity contribution in [1.29, 1.82) is 0 Å². The van der Waals surface area contributed by atoms with Crippen LogP contribution in [-0.4, -0.2) is 38.9 Å². The number of aliphatic imine (C=N–C) groups is 1. The number of guanidine groups is 1. The summed E-state index contributed by atoms with van der Waals surface area (Å²) in [6.45, 7) is 4.72. The van der Waals surface area contributed by atoms with Crippen LogP contribution in [0.3, 0.4) is 0 Å². The second kappa shape index (κ2) is 9.27. The van der Waals surface area contributed by atoms with Gasteiger partial charge in [-0.25, -0.2) is 0 Å². The zero-order chi connectivity index (χ0) is 17.3. The largest absolute Gasteiger partial charge is 0.496 e. The van der Waals surface area contributed by atoms with Gasteiger partial charge in [0.1, 0.15) is 5.75 Å². The highest BCUT2D eigenvalue weighted by atomic mass is 19.4. The van der Waals surface area contributed by atoms with Crippen LogP contribution in [-0.2, 0) is 6.42 Å². The fourth-order valence-corrected chi connectivity index (χ4v) is 2.05.